The molecule has 0 fully saturated rings. The normalized spacial score (nSPS) is 0.750. The molecule has 0 radical (unpaired) electrons. The summed E-state index contributed by atoms with van der Waals surface area (Å²) in [7, 11) is 0. The predicted octanol–water partition coefficient (Wildman–Crippen LogP) is 0.183. The summed E-state index contributed by atoms with van der Waals surface area (Å²) in [5, 5.41) is 39.0. The molecule has 0 atom stereocenters. The zero-order chi connectivity index (χ0) is 12.0. The van der Waals surface area contributed by atoms with Gasteiger partial charge in [-0.2, -0.15) is 0 Å². The quantitative estimate of drug-likeness (QED) is 0.549. The molecule has 0 rings (SSSR count). The first-order chi connectivity index (χ1) is 6.00. The molecule has 0 aliphatic rings. The first-order valence-electron chi connectivity index (χ1n) is 1.55. The van der Waals surface area contributed by atoms with Gasteiger partial charge in [0.15, 0.2) is 0 Å². The van der Waals surface area contributed by atoms with Crippen LogP contribution in [0.15, 0.2) is 0 Å². The smallest absolute Gasteiger partial charge is 0 e. The average Bonchev–Trinajstić information content (AvgIpc) is 2.33. The first-order valence-corrected chi connectivity index (χ1v) is 1.55. The van der Waals surface area contributed by atoms with Crippen LogP contribution in [0.2, 0.25) is 0 Å². The number of nitriles is 6. The van der Waals surface area contributed by atoms with E-state index in [0.717, 1.165) is 0 Å². The Balaban J connectivity index is -0.00000000321. The van der Waals surface area contributed by atoms with E-state index in [-0.39, 0.29) is 105 Å². The van der Waals surface area contributed by atoms with E-state index in [2.05, 4.69) is 39.4 Å². The summed E-state index contributed by atoms with van der Waals surface area (Å²) in [6.07, 6.45) is 0. The van der Waals surface area contributed by atoms with E-state index >= 15 is 0 Å². The molecular weight excluding hydrogens is 372 g/mol. The Morgan fingerprint density at radius 2 is 0.375 bits per heavy atom. The Kier molecular flexibility index (Phi) is 328000. The van der Waals surface area contributed by atoms with E-state index < -0.39 is 0 Å². The van der Waals surface area contributed by atoms with Gasteiger partial charge in [-0.3, -0.25) is 0 Å². The Hall–Kier alpha value is 0.239. The monoisotopic (exact) mass is 378 g/mol. The molecule has 0 saturated carbocycles. The van der Waals surface area contributed by atoms with Crippen LogP contribution in [0.1, 0.15) is 0 Å². The molecule has 0 heterocycles. The minimum Gasteiger partial charge on any atom is 0 e. The maximum absolute atomic E-state index is 6.50. The van der Waals surface area contributed by atoms with E-state index in [9.17, 15) is 0 Å². The van der Waals surface area contributed by atoms with Gasteiger partial charge < -0.3 is 0 Å². The summed E-state index contributed by atoms with van der Waals surface area (Å²) < 4.78 is 0. The summed E-state index contributed by atoms with van der Waals surface area (Å²) in [6.45, 7) is 21.0. The van der Waals surface area contributed by atoms with Gasteiger partial charge in [0.25, 0.3) is 0 Å². The Labute approximate surface area is 173 Å². The van der Waals surface area contributed by atoms with Crippen molar-refractivity contribution in [3.05, 3.63) is 0 Å². The van der Waals surface area contributed by atoms with E-state index in [4.69, 9.17) is 31.6 Å². The summed E-state index contributed by atoms with van der Waals surface area (Å²) in [5.74, 6) is 0. The molecule has 0 aromatic heterocycles. The molecule has 16 heavy (non-hydrogen) atoms. The molecule has 0 bridgehead atoms. The van der Waals surface area contributed by atoms with Crippen LogP contribution in [0, 0.1) is 71.0 Å². The second kappa shape index (κ2) is 54200. The maximum atomic E-state index is 6.50. The maximum Gasteiger partial charge on any atom is 0 e. The van der Waals surface area contributed by atoms with Gasteiger partial charge in [-0.15, -0.1) is 0 Å². The Bertz CT molecular complexity index is 106. The van der Waals surface area contributed by atoms with Crippen molar-refractivity contribution in [1.29, 1.82) is 31.6 Å². The second-order valence-electron chi connectivity index (χ2n) is 0. The van der Waals surface area contributed by atoms with Gasteiger partial charge in [0.2, 0.25) is 0 Å². The van der Waals surface area contributed by atoms with E-state index in [1.165, 1.54) is 0 Å². The van der Waals surface area contributed by atoms with Gasteiger partial charge >= 0.3 is 51.4 Å². The molecule has 0 aliphatic carbocycles. The molecule has 0 unspecified atom stereocenters. The zero-order valence-corrected chi connectivity index (χ0v) is 12.7. The van der Waals surface area contributed by atoms with Gasteiger partial charge in [0.1, 0.15) is 0 Å². The molecule has 6 nitrogen and oxygen atoms in total. The van der Waals surface area contributed by atoms with Gasteiger partial charge in [-0.25, -0.2) is 31.6 Å². The summed E-state index contributed by atoms with van der Waals surface area (Å²) in [4.78, 5) is 0. The Morgan fingerprint density at radius 1 is 0.375 bits per heavy atom. The standard InChI is InChI=1S/6CHN.2Fe.K.Zn.H/c6*1-2;;;;;/h6*1H;;;;;. The molecule has 0 aromatic rings. The van der Waals surface area contributed by atoms with Crippen molar-refractivity contribution in [2.45, 2.75) is 0 Å². The van der Waals surface area contributed by atoms with Crippen LogP contribution in [0.5, 0.6) is 0 Å². The van der Waals surface area contributed by atoms with E-state index in [0.29, 0.717) is 0 Å². The topological polar surface area (TPSA) is 143 Å². The fourth-order valence-electron chi connectivity index (χ4n) is 0. The number of nitrogens with zero attached hydrogens (tertiary/aromatic N) is 6. The van der Waals surface area contributed by atoms with Crippen molar-refractivity contribution in [1.82, 2.24) is 0 Å². The number of hydrogen-bond donors (Lipinski definition) is 0. The molecule has 0 saturated heterocycles. The van der Waals surface area contributed by atoms with E-state index in [1.807, 2.05) is 0 Å². The van der Waals surface area contributed by atoms with Crippen molar-refractivity contribution in [2.75, 3.05) is 0 Å². The second-order valence-corrected chi connectivity index (χ2v) is 0. The van der Waals surface area contributed by atoms with E-state index in [1.54, 1.807) is 0 Å². The van der Waals surface area contributed by atoms with Gasteiger partial charge in [0, 0.05) is 93.0 Å². The fourth-order valence-corrected chi connectivity index (χ4v) is 0. The number of rotatable bonds is 0. The molecule has 0 aliphatic heterocycles. The zero-order valence-electron chi connectivity index (χ0n) is 7.56. The Morgan fingerprint density at radius 3 is 0.375 bits per heavy atom. The third-order valence-corrected chi connectivity index (χ3v) is 0. The van der Waals surface area contributed by atoms with Crippen molar-refractivity contribution in [2.24, 2.45) is 0 Å². The van der Waals surface area contributed by atoms with Crippen LogP contribution < -0.4 is 0 Å². The van der Waals surface area contributed by atoms with Gasteiger partial charge in [0.05, 0.1) is 0 Å². The van der Waals surface area contributed by atoms with Crippen molar-refractivity contribution in [3.8, 4) is 39.4 Å². The molecule has 0 aromatic carbocycles. The summed E-state index contributed by atoms with van der Waals surface area (Å²) in [6, 6.07) is 0. The van der Waals surface area contributed by atoms with Crippen molar-refractivity contribution >= 4 is 51.4 Å². The first kappa shape index (κ1) is 96.9. The van der Waals surface area contributed by atoms with Crippen LogP contribution in [0.25, 0.3) is 0 Å². The third-order valence-electron chi connectivity index (χ3n) is 0. The van der Waals surface area contributed by atoms with Gasteiger partial charge in [-0.1, -0.05) is 0 Å². The fraction of sp³-hybridized carbons (Fsp3) is 0. The minimum absolute atomic E-state index is 0. The molecule has 0 N–H and O–H groups in total. The largest absolute Gasteiger partial charge is 0 e. The summed E-state index contributed by atoms with van der Waals surface area (Å²) >= 11 is 0. The molecule has 0 spiro atoms. The number of hydrogen-bond acceptors (Lipinski definition) is 6. The molecule has 0 amide bonds. The van der Waals surface area contributed by atoms with Crippen LogP contribution in [-0.2, 0) is 53.6 Å². The summed E-state index contributed by atoms with van der Waals surface area (Å²) in [5.41, 5.74) is 0. The van der Waals surface area contributed by atoms with Crippen LogP contribution in [-0.4, -0.2) is 51.4 Å². The molecule has 80 valence electrons. The predicted molar refractivity (Wildman–Crippen MR) is 47.2 cm³/mol. The van der Waals surface area contributed by atoms with Crippen LogP contribution in [0.4, 0.5) is 0 Å². The van der Waals surface area contributed by atoms with Crippen molar-refractivity contribution in [3.63, 3.8) is 0 Å². The minimum atomic E-state index is 0. The average molecular weight is 379 g/mol. The third kappa shape index (κ3) is 43800. The molecular formula is C6H7Fe2KN6Zn. The molecule has 10 heteroatoms. The SMILES string of the molecule is C#N.C#N.C#N.C#N.C#N.C#N.[Fe].[Fe].[KH].[Zn]. The van der Waals surface area contributed by atoms with Crippen LogP contribution in [0.3, 0.4) is 0 Å². The van der Waals surface area contributed by atoms with Crippen molar-refractivity contribution < 1.29 is 53.6 Å². The van der Waals surface area contributed by atoms with Crippen LogP contribution >= 0.6 is 0 Å². The van der Waals surface area contributed by atoms with Gasteiger partial charge in [-0.05, 0) is 0 Å².